The minimum atomic E-state index is -0.134. The van der Waals surface area contributed by atoms with Crippen molar-refractivity contribution in [1.29, 1.82) is 5.26 Å². The average molecular weight is 282 g/mol. The van der Waals surface area contributed by atoms with E-state index in [1.54, 1.807) is 19.2 Å². The van der Waals surface area contributed by atoms with Crippen LogP contribution >= 0.6 is 0 Å². The summed E-state index contributed by atoms with van der Waals surface area (Å²) in [5.74, 6) is 0.775. The normalized spacial score (nSPS) is 11.5. The molecule has 0 saturated heterocycles. The standard InChI is InChI=1S/C17H18N2O2/c1-11-5-4-6-16(15(11)10-18)19-12(2)14-8-7-13(21-3)9-17(14)20/h4-9,12,19-20H,1-3H3. The Morgan fingerprint density at radius 1 is 1.29 bits per heavy atom. The summed E-state index contributed by atoms with van der Waals surface area (Å²) in [6.45, 7) is 3.84. The van der Waals surface area contributed by atoms with Gasteiger partial charge in [0.1, 0.15) is 17.6 Å². The topological polar surface area (TPSA) is 65.3 Å². The van der Waals surface area contributed by atoms with Crippen molar-refractivity contribution in [2.75, 3.05) is 12.4 Å². The second kappa shape index (κ2) is 6.19. The average Bonchev–Trinajstić information content (AvgIpc) is 2.47. The van der Waals surface area contributed by atoms with Gasteiger partial charge in [0, 0.05) is 11.6 Å². The molecule has 0 heterocycles. The number of phenolic OH excluding ortho intramolecular Hbond substituents is 1. The van der Waals surface area contributed by atoms with Crippen molar-refractivity contribution in [3.63, 3.8) is 0 Å². The number of nitrogens with one attached hydrogen (secondary N) is 1. The van der Waals surface area contributed by atoms with Crippen LogP contribution < -0.4 is 10.1 Å². The van der Waals surface area contributed by atoms with Gasteiger partial charge in [-0.05, 0) is 37.6 Å². The van der Waals surface area contributed by atoms with Crippen LogP contribution in [0.25, 0.3) is 0 Å². The Hall–Kier alpha value is -2.67. The summed E-state index contributed by atoms with van der Waals surface area (Å²) in [7, 11) is 1.56. The summed E-state index contributed by atoms with van der Waals surface area (Å²) < 4.78 is 5.08. The second-order valence-corrected chi connectivity index (χ2v) is 4.90. The highest BCUT2D eigenvalue weighted by Gasteiger charge is 2.13. The Balaban J connectivity index is 2.29. The second-order valence-electron chi connectivity index (χ2n) is 4.90. The molecular formula is C17H18N2O2. The van der Waals surface area contributed by atoms with Gasteiger partial charge >= 0.3 is 0 Å². The first-order valence-corrected chi connectivity index (χ1v) is 6.70. The summed E-state index contributed by atoms with van der Waals surface area (Å²) in [5.41, 5.74) is 3.06. The lowest BCUT2D eigenvalue weighted by atomic mass is 10.0. The molecule has 0 aromatic heterocycles. The number of benzene rings is 2. The zero-order valence-corrected chi connectivity index (χ0v) is 12.3. The molecule has 1 atom stereocenters. The van der Waals surface area contributed by atoms with Gasteiger partial charge in [-0.15, -0.1) is 0 Å². The maximum atomic E-state index is 10.1. The highest BCUT2D eigenvalue weighted by atomic mass is 16.5. The lowest BCUT2D eigenvalue weighted by Gasteiger charge is -2.18. The minimum absolute atomic E-state index is 0.134. The van der Waals surface area contributed by atoms with E-state index in [-0.39, 0.29) is 11.8 Å². The number of rotatable bonds is 4. The molecule has 0 fully saturated rings. The van der Waals surface area contributed by atoms with Crippen LogP contribution in [0.4, 0.5) is 5.69 Å². The van der Waals surface area contributed by atoms with Crippen molar-refractivity contribution in [2.45, 2.75) is 19.9 Å². The van der Waals surface area contributed by atoms with Crippen molar-refractivity contribution in [3.05, 3.63) is 53.1 Å². The Bertz CT molecular complexity index is 690. The molecule has 21 heavy (non-hydrogen) atoms. The predicted molar refractivity (Wildman–Crippen MR) is 82.6 cm³/mol. The number of phenols is 1. The van der Waals surface area contributed by atoms with Gasteiger partial charge in [-0.3, -0.25) is 0 Å². The van der Waals surface area contributed by atoms with Crippen LogP contribution in [0.5, 0.6) is 11.5 Å². The van der Waals surface area contributed by atoms with Gasteiger partial charge in [-0.1, -0.05) is 12.1 Å². The molecule has 0 amide bonds. The van der Waals surface area contributed by atoms with Crippen LogP contribution in [0.15, 0.2) is 36.4 Å². The van der Waals surface area contributed by atoms with Crippen molar-refractivity contribution in [1.82, 2.24) is 0 Å². The van der Waals surface area contributed by atoms with Crippen LogP contribution in [-0.4, -0.2) is 12.2 Å². The molecule has 0 aliphatic carbocycles. The summed E-state index contributed by atoms with van der Waals surface area (Å²) in [5, 5.41) is 22.6. The van der Waals surface area contributed by atoms with E-state index in [9.17, 15) is 10.4 Å². The van der Waals surface area contributed by atoms with Gasteiger partial charge in [0.15, 0.2) is 0 Å². The number of hydrogen-bond acceptors (Lipinski definition) is 4. The Labute approximate surface area is 124 Å². The van der Waals surface area contributed by atoms with Crippen molar-refractivity contribution >= 4 is 5.69 Å². The number of ether oxygens (including phenoxy) is 1. The first-order chi connectivity index (χ1) is 10.1. The van der Waals surface area contributed by atoms with Crippen molar-refractivity contribution in [2.24, 2.45) is 0 Å². The smallest absolute Gasteiger partial charge is 0.124 e. The Morgan fingerprint density at radius 2 is 2.05 bits per heavy atom. The predicted octanol–water partition coefficient (Wildman–Crippen LogP) is 3.75. The van der Waals surface area contributed by atoms with E-state index >= 15 is 0 Å². The number of methoxy groups -OCH3 is 1. The third-order valence-electron chi connectivity index (χ3n) is 3.46. The van der Waals surface area contributed by atoms with Gasteiger partial charge < -0.3 is 15.2 Å². The number of nitrogens with zero attached hydrogens (tertiary/aromatic N) is 1. The molecule has 108 valence electrons. The third kappa shape index (κ3) is 3.09. The van der Waals surface area contributed by atoms with Gasteiger partial charge in [0.2, 0.25) is 0 Å². The zero-order chi connectivity index (χ0) is 15.4. The summed E-state index contributed by atoms with van der Waals surface area (Å²) in [4.78, 5) is 0. The number of aromatic hydroxyl groups is 1. The van der Waals surface area contributed by atoms with Crippen LogP contribution in [0.2, 0.25) is 0 Å². The van der Waals surface area contributed by atoms with Gasteiger partial charge in [0.25, 0.3) is 0 Å². The monoisotopic (exact) mass is 282 g/mol. The van der Waals surface area contributed by atoms with E-state index in [2.05, 4.69) is 11.4 Å². The summed E-state index contributed by atoms with van der Waals surface area (Å²) >= 11 is 0. The largest absolute Gasteiger partial charge is 0.507 e. The number of anilines is 1. The molecule has 4 nitrogen and oxygen atoms in total. The molecule has 4 heteroatoms. The highest BCUT2D eigenvalue weighted by Crippen LogP contribution is 2.31. The molecule has 0 aliphatic rings. The van der Waals surface area contributed by atoms with E-state index in [4.69, 9.17) is 4.74 Å². The molecule has 0 spiro atoms. The molecule has 1 unspecified atom stereocenters. The van der Waals surface area contributed by atoms with E-state index in [1.807, 2.05) is 38.1 Å². The molecule has 2 rings (SSSR count). The van der Waals surface area contributed by atoms with E-state index in [0.29, 0.717) is 11.3 Å². The third-order valence-corrected chi connectivity index (χ3v) is 3.46. The molecular weight excluding hydrogens is 264 g/mol. The Kier molecular flexibility index (Phi) is 4.34. The maximum absolute atomic E-state index is 10.1. The van der Waals surface area contributed by atoms with E-state index in [1.165, 1.54) is 0 Å². The van der Waals surface area contributed by atoms with Crippen LogP contribution in [0.1, 0.15) is 29.7 Å². The van der Waals surface area contributed by atoms with Gasteiger partial charge in [0.05, 0.1) is 24.4 Å². The molecule has 0 radical (unpaired) electrons. The fourth-order valence-electron chi connectivity index (χ4n) is 2.26. The minimum Gasteiger partial charge on any atom is -0.507 e. The van der Waals surface area contributed by atoms with E-state index < -0.39 is 0 Å². The number of aryl methyl sites for hydroxylation is 1. The van der Waals surface area contributed by atoms with Crippen molar-refractivity contribution in [3.8, 4) is 17.6 Å². The summed E-state index contributed by atoms with van der Waals surface area (Å²) in [6, 6.07) is 12.9. The van der Waals surface area contributed by atoms with Crippen molar-refractivity contribution < 1.29 is 9.84 Å². The van der Waals surface area contributed by atoms with Crippen LogP contribution in [0.3, 0.4) is 0 Å². The first kappa shape index (κ1) is 14.7. The van der Waals surface area contributed by atoms with Gasteiger partial charge in [-0.25, -0.2) is 0 Å². The molecule has 0 aliphatic heterocycles. The summed E-state index contributed by atoms with van der Waals surface area (Å²) in [6.07, 6.45) is 0. The maximum Gasteiger partial charge on any atom is 0.124 e. The SMILES string of the molecule is COc1ccc(C(C)Nc2cccc(C)c2C#N)c(O)c1. The molecule has 0 bridgehead atoms. The first-order valence-electron chi connectivity index (χ1n) is 6.70. The lowest BCUT2D eigenvalue weighted by molar-refractivity contribution is 0.406. The van der Waals surface area contributed by atoms with Crippen LogP contribution in [-0.2, 0) is 0 Å². The molecule has 2 aromatic carbocycles. The molecule has 0 saturated carbocycles. The zero-order valence-electron chi connectivity index (χ0n) is 12.3. The Morgan fingerprint density at radius 3 is 2.67 bits per heavy atom. The fraction of sp³-hybridized carbons (Fsp3) is 0.235. The number of hydrogen-bond donors (Lipinski definition) is 2. The highest BCUT2D eigenvalue weighted by molar-refractivity contribution is 5.62. The van der Waals surface area contributed by atoms with E-state index in [0.717, 1.165) is 16.8 Å². The number of nitriles is 1. The lowest BCUT2D eigenvalue weighted by Crippen LogP contribution is -2.08. The molecule has 2 aromatic rings. The molecule has 2 N–H and O–H groups in total. The fourth-order valence-corrected chi connectivity index (χ4v) is 2.26. The van der Waals surface area contributed by atoms with Gasteiger partial charge in [-0.2, -0.15) is 5.26 Å². The van der Waals surface area contributed by atoms with Crippen LogP contribution in [0, 0.1) is 18.3 Å². The quantitative estimate of drug-likeness (QED) is 0.896.